The van der Waals surface area contributed by atoms with E-state index < -0.39 is 6.10 Å². The Hall–Kier alpha value is -1.14. The summed E-state index contributed by atoms with van der Waals surface area (Å²) in [5, 5.41) is 19.0. The molecule has 6 heteroatoms. The van der Waals surface area contributed by atoms with Crippen molar-refractivity contribution in [2.75, 3.05) is 0 Å². The molecule has 2 rings (SSSR count). The van der Waals surface area contributed by atoms with Crippen LogP contribution in [0.5, 0.6) is 0 Å². The van der Waals surface area contributed by atoms with Crippen LogP contribution in [0.15, 0.2) is 22.9 Å². The summed E-state index contributed by atoms with van der Waals surface area (Å²) in [5.41, 5.74) is 1.57. The van der Waals surface area contributed by atoms with Gasteiger partial charge in [-0.3, -0.25) is 9.36 Å². The summed E-state index contributed by atoms with van der Waals surface area (Å²) in [6.07, 6.45) is 3.69. The molecule has 0 bridgehead atoms. The average Bonchev–Trinajstić information content (AvgIpc) is 2.96. The van der Waals surface area contributed by atoms with Crippen molar-refractivity contribution in [3.8, 4) is 0 Å². The molecule has 5 nitrogen and oxygen atoms in total. The number of hydrogen-bond acceptors (Lipinski definition) is 3. The number of nitrogens with zero attached hydrogens (tertiary/aromatic N) is 4. The van der Waals surface area contributed by atoms with Crippen molar-refractivity contribution in [2.45, 2.75) is 39.5 Å². The van der Waals surface area contributed by atoms with E-state index in [1.807, 2.05) is 17.7 Å². The Balaban J connectivity index is 2.39. The second kappa shape index (κ2) is 5.67. The molecule has 0 fully saturated rings. The van der Waals surface area contributed by atoms with Crippen molar-refractivity contribution >= 4 is 15.9 Å². The summed E-state index contributed by atoms with van der Waals surface area (Å²) in [6, 6.07) is 1.84. The first-order valence-corrected chi connectivity index (χ1v) is 6.89. The Morgan fingerprint density at radius 2 is 2.11 bits per heavy atom. The molecule has 0 saturated heterocycles. The number of halogens is 1. The molecule has 2 aromatic rings. The molecule has 0 aliphatic carbocycles. The van der Waals surface area contributed by atoms with Gasteiger partial charge in [-0.1, -0.05) is 6.92 Å². The molecular formula is C12H17BrN4O. The van der Waals surface area contributed by atoms with Gasteiger partial charge in [0.15, 0.2) is 0 Å². The predicted molar refractivity (Wildman–Crippen MR) is 72.2 cm³/mol. The Labute approximate surface area is 115 Å². The third kappa shape index (κ3) is 2.35. The minimum atomic E-state index is -0.712. The van der Waals surface area contributed by atoms with Gasteiger partial charge in [-0.2, -0.15) is 10.2 Å². The third-order valence-electron chi connectivity index (χ3n) is 2.86. The van der Waals surface area contributed by atoms with Crippen LogP contribution in [-0.4, -0.2) is 24.7 Å². The number of hydrogen-bond donors (Lipinski definition) is 1. The van der Waals surface area contributed by atoms with Gasteiger partial charge in [0.05, 0.1) is 22.1 Å². The SMILES string of the molecule is CCCn1ncc(Br)c1C(O)c1ccnn1CC. The van der Waals surface area contributed by atoms with E-state index >= 15 is 0 Å². The van der Waals surface area contributed by atoms with Gasteiger partial charge in [-0.05, 0) is 35.3 Å². The molecule has 1 atom stereocenters. The van der Waals surface area contributed by atoms with Crippen LogP contribution < -0.4 is 0 Å². The summed E-state index contributed by atoms with van der Waals surface area (Å²) in [6.45, 7) is 5.61. The van der Waals surface area contributed by atoms with Crippen molar-refractivity contribution in [1.82, 2.24) is 19.6 Å². The maximum atomic E-state index is 10.5. The number of rotatable bonds is 5. The zero-order chi connectivity index (χ0) is 13.1. The Kier molecular flexibility index (Phi) is 4.19. The maximum absolute atomic E-state index is 10.5. The van der Waals surface area contributed by atoms with Crippen LogP contribution in [0.25, 0.3) is 0 Å². The fraction of sp³-hybridized carbons (Fsp3) is 0.500. The van der Waals surface area contributed by atoms with Crippen molar-refractivity contribution in [3.05, 3.63) is 34.3 Å². The minimum Gasteiger partial charge on any atom is -0.380 e. The van der Waals surface area contributed by atoms with Crippen LogP contribution in [-0.2, 0) is 13.1 Å². The molecule has 0 aliphatic heterocycles. The lowest BCUT2D eigenvalue weighted by atomic mass is 10.2. The van der Waals surface area contributed by atoms with Gasteiger partial charge in [0.25, 0.3) is 0 Å². The van der Waals surface area contributed by atoms with E-state index in [1.54, 1.807) is 17.1 Å². The van der Waals surface area contributed by atoms with Crippen LogP contribution in [0.1, 0.15) is 37.8 Å². The molecule has 2 aromatic heterocycles. The fourth-order valence-corrected chi connectivity index (χ4v) is 2.53. The standard InChI is InChI=1S/C12H17BrN4O/c1-3-7-17-11(9(13)8-15-17)12(18)10-5-6-14-16(10)4-2/h5-6,8,12,18H,3-4,7H2,1-2H3. The molecule has 0 saturated carbocycles. The van der Waals surface area contributed by atoms with Crippen LogP contribution >= 0.6 is 15.9 Å². The van der Waals surface area contributed by atoms with Crippen molar-refractivity contribution in [3.63, 3.8) is 0 Å². The lowest BCUT2D eigenvalue weighted by Crippen LogP contribution is -2.14. The van der Waals surface area contributed by atoms with E-state index in [0.29, 0.717) is 0 Å². The van der Waals surface area contributed by atoms with E-state index in [4.69, 9.17) is 0 Å². The van der Waals surface area contributed by atoms with Gasteiger partial charge < -0.3 is 5.11 Å². The van der Waals surface area contributed by atoms with Crippen LogP contribution in [0.3, 0.4) is 0 Å². The molecule has 2 heterocycles. The summed E-state index contributed by atoms with van der Waals surface area (Å²) >= 11 is 3.45. The molecule has 98 valence electrons. The van der Waals surface area contributed by atoms with Gasteiger partial charge >= 0.3 is 0 Å². The predicted octanol–water partition coefficient (Wildman–Crippen LogP) is 2.35. The van der Waals surface area contributed by atoms with Crippen LogP contribution in [0.2, 0.25) is 0 Å². The average molecular weight is 313 g/mol. The maximum Gasteiger partial charge on any atom is 0.138 e. The van der Waals surface area contributed by atoms with Gasteiger partial charge in [0.2, 0.25) is 0 Å². The fourth-order valence-electron chi connectivity index (χ4n) is 2.01. The van der Waals surface area contributed by atoms with E-state index in [-0.39, 0.29) is 0 Å². The molecule has 0 aliphatic rings. The number of aliphatic hydroxyl groups excluding tert-OH is 1. The quantitative estimate of drug-likeness (QED) is 0.922. The van der Waals surface area contributed by atoms with Crippen molar-refractivity contribution < 1.29 is 5.11 Å². The van der Waals surface area contributed by atoms with Crippen LogP contribution in [0, 0.1) is 0 Å². The van der Waals surface area contributed by atoms with E-state index in [9.17, 15) is 5.11 Å². The summed E-state index contributed by atoms with van der Waals surface area (Å²) in [4.78, 5) is 0. The molecule has 0 spiro atoms. The molecule has 18 heavy (non-hydrogen) atoms. The first-order valence-electron chi connectivity index (χ1n) is 6.10. The lowest BCUT2D eigenvalue weighted by molar-refractivity contribution is 0.195. The third-order valence-corrected chi connectivity index (χ3v) is 3.47. The highest BCUT2D eigenvalue weighted by Gasteiger charge is 2.22. The highest BCUT2D eigenvalue weighted by Crippen LogP contribution is 2.28. The zero-order valence-corrected chi connectivity index (χ0v) is 12.1. The smallest absolute Gasteiger partial charge is 0.138 e. The highest BCUT2D eigenvalue weighted by molar-refractivity contribution is 9.10. The van der Waals surface area contributed by atoms with Gasteiger partial charge in [-0.15, -0.1) is 0 Å². The second-order valence-corrected chi connectivity index (χ2v) is 4.93. The second-order valence-electron chi connectivity index (χ2n) is 4.08. The van der Waals surface area contributed by atoms with Gasteiger partial charge in [0.1, 0.15) is 6.10 Å². The monoisotopic (exact) mass is 312 g/mol. The molecule has 0 aromatic carbocycles. The van der Waals surface area contributed by atoms with E-state index in [0.717, 1.165) is 35.4 Å². The Morgan fingerprint density at radius 1 is 1.33 bits per heavy atom. The van der Waals surface area contributed by atoms with Crippen molar-refractivity contribution in [1.29, 1.82) is 0 Å². The normalized spacial score (nSPS) is 12.9. The number of aromatic nitrogens is 4. The van der Waals surface area contributed by atoms with Gasteiger partial charge in [-0.25, -0.2) is 0 Å². The first-order chi connectivity index (χ1) is 8.69. The molecule has 0 amide bonds. The summed E-state index contributed by atoms with van der Waals surface area (Å²) in [7, 11) is 0. The number of aryl methyl sites for hydroxylation is 2. The largest absolute Gasteiger partial charge is 0.380 e. The first kappa shape index (κ1) is 13.3. The number of aliphatic hydroxyl groups is 1. The Bertz CT molecular complexity index is 520. The molecule has 1 N–H and O–H groups in total. The summed E-state index contributed by atoms with van der Waals surface area (Å²) < 4.78 is 4.45. The summed E-state index contributed by atoms with van der Waals surface area (Å²) in [5.74, 6) is 0. The highest BCUT2D eigenvalue weighted by atomic mass is 79.9. The topological polar surface area (TPSA) is 55.9 Å². The van der Waals surface area contributed by atoms with E-state index in [2.05, 4.69) is 33.1 Å². The van der Waals surface area contributed by atoms with Gasteiger partial charge in [0, 0.05) is 19.3 Å². The van der Waals surface area contributed by atoms with E-state index in [1.165, 1.54) is 0 Å². The van der Waals surface area contributed by atoms with Crippen molar-refractivity contribution in [2.24, 2.45) is 0 Å². The lowest BCUT2D eigenvalue weighted by Gasteiger charge is -2.15. The zero-order valence-electron chi connectivity index (χ0n) is 10.5. The molecule has 0 radical (unpaired) electrons. The molecule has 1 unspecified atom stereocenters. The Morgan fingerprint density at radius 3 is 2.78 bits per heavy atom. The van der Waals surface area contributed by atoms with Crippen LogP contribution in [0.4, 0.5) is 0 Å². The molecular weight excluding hydrogens is 296 g/mol. The minimum absolute atomic E-state index is 0.712.